The van der Waals surface area contributed by atoms with Crippen LogP contribution in [0.2, 0.25) is 0 Å². The van der Waals surface area contributed by atoms with E-state index in [1.54, 1.807) is 4.90 Å². The van der Waals surface area contributed by atoms with Crippen molar-refractivity contribution in [1.82, 2.24) is 4.90 Å². The number of carbonyl (C=O) groups excluding carboxylic acids is 1. The van der Waals surface area contributed by atoms with E-state index in [0.717, 1.165) is 11.1 Å². The number of nitrogens with zero attached hydrogens (tertiary/aromatic N) is 1. The van der Waals surface area contributed by atoms with Gasteiger partial charge in [-0.1, -0.05) is 48.5 Å². The number of nitrogens with two attached hydrogens (primary N) is 1. The highest BCUT2D eigenvalue weighted by Crippen LogP contribution is 2.49. The van der Waals surface area contributed by atoms with Crippen LogP contribution in [0.1, 0.15) is 35.3 Å². The number of amides is 1. The van der Waals surface area contributed by atoms with Gasteiger partial charge in [-0.2, -0.15) is 0 Å². The number of fused-ring (bicyclic) bond motifs is 3. The Labute approximate surface area is 135 Å². The van der Waals surface area contributed by atoms with Crippen molar-refractivity contribution in [2.75, 3.05) is 6.54 Å². The molecule has 1 fully saturated rings. The lowest BCUT2D eigenvalue weighted by Gasteiger charge is -2.52. The lowest BCUT2D eigenvalue weighted by molar-refractivity contribution is -0.249. The van der Waals surface area contributed by atoms with Gasteiger partial charge in [-0.3, -0.25) is 4.79 Å². The summed E-state index contributed by atoms with van der Waals surface area (Å²) in [7, 11) is 0. The Kier molecular flexibility index (Phi) is 2.92. The fourth-order valence-corrected chi connectivity index (χ4v) is 3.83. The van der Waals surface area contributed by atoms with Crippen LogP contribution in [0.3, 0.4) is 0 Å². The van der Waals surface area contributed by atoms with Crippen LogP contribution in [-0.2, 0) is 16.1 Å². The number of hydrogen-bond donors (Lipinski definition) is 1. The van der Waals surface area contributed by atoms with Gasteiger partial charge in [0.2, 0.25) is 0 Å². The normalized spacial score (nSPS) is 32.6. The summed E-state index contributed by atoms with van der Waals surface area (Å²) in [5.41, 5.74) is 7.66. The SMILES string of the molecule is CC1(c2ccccc2)OC2(C)c3ccccc3C(=O)N2CC1N. The Morgan fingerprint density at radius 2 is 1.74 bits per heavy atom. The predicted molar refractivity (Wildman–Crippen MR) is 87.7 cm³/mol. The van der Waals surface area contributed by atoms with E-state index >= 15 is 0 Å². The van der Waals surface area contributed by atoms with Crippen molar-refractivity contribution < 1.29 is 9.53 Å². The van der Waals surface area contributed by atoms with Crippen LogP contribution < -0.4 is 5.73 Å². The van der Waals surface area contributed by atoms with Gasteiger partial charge in [-0.25, -0.2) is 0 Å². The van der Waals surface area contributed by atoms with E-state index in [2.05, 4.69) is 0 Å². The summed E-state index contributed by atoms with van der Waals surface area (Å²) in [5.74, 6) is -0.00587. The van der Waals surface area contributed by atoms with E-state index in [9.17, 15) is 4.79 Å². The molecule has 4 nitrogen and oxygen atoms in total. The summed E-state index contributed by atoms with van der Waals surface area (Å²) in [4.78, 5) is 14.5. The second-order valence-electron chi connectivity index (χ2n) is 6.63. The molecule has 1 amide bonds. The van der Waals surface area contributed by atoms with Gasteiger partial charge in [-0.05, 0) is 25.5 Å². The molecule has 0 saturated carbocycles. The average Bonchev–Trinajstić information content (AvgIpc) is 2.78. The fraction of sp³-hybridized carbons (Fsp3) is 0.316. The van der Waals surface area contributed by atoms with E-state index < -0.39 is 11.3 Å². The van der Waals surface area contributed by atoms with E-state index in [1.807, 2.05) is 68.4 Å². The van der Waals surface area contributed by atoms with E-state index in [4.69, 9.17) is 10.5 Å². The third kappa shape index (κ3) is 1.82. The molecule has 0 aliphatic carbocycles. The number of carbonyl (C=O) groups is 1. The van der Waals surface area contributed by atoms with Crippen molar-refractivity contribution >= 4 is 5.91 Å². The Morgan fingerprint density at radius 3 is 2.48 bits per heavy atom. The fourth-order valence-electron chi connectivity index (χ4n) is 3.83. The van der Waals surface area contributed by atoms with Crippen LogP contribution in [0.25, 0.3) is 0 Å². The third-order valence-corrected chi connectivity index (χ3v) is 5.26. The lowest BCUT2D eigenvalue weighted by atomic mass is 9.85. The van der Waals surface area contributed by atoms with Crippen LogP contribution in [-0.4, -0.2) is 23.4 Å². The molecular formula is C19H20N2O2. The second kappa shape index (κ2) is 4.66. The zero-order chi connectivity index (χ0) is 16.2. The number of benzene rings is 2. The summed E-state index contributed by atoms with van der Waals surface area (Å²) in [6.45, 7) is 4.44. The van der Waals surface area contributed by atoms with Crippen LogP contribution >= 0.6 is 0 Å². The highest BCUT2D eigenvalue weighted by Gasteiger charge is 2.57. The molecule has 3 atom stereocenters. The molecule has 2 N–H and O–H groups in total. The van der Waals surface area contributed by atoms with Gasteiger partial charge < -0.3 is 15.4 Å². The molecule has 3 unspecified atom stereocenters. The molecule has 0 radical (unpaired) electrons. The van der Waals surface area contributed by atoms with Gasteiger partial charge in [0.05, 0.1) is 6.04 Å². The minimum atomic E-state index is -0.784. The molecule has 4 heteroatoms. The average molecular weight is 308 g/mol. The van der Waals surface area contributed by atoms with Crippen molar-refractivity contribution in [3.05, 3.63) is 71.3 Å². The quantitative estimate of drug-likeness (QED) is 0.881. The smallest absolute Gasteiger partial charge is 0.256 e. The Balaban J connectivity index is 1.85. The predicted octanol–water partition coefficient (Wildman–Crippen LogP) is 2.59. The maximum Gasteiger partial charge on any atom is 0.256 e. The highest BCUT2D eigenvalue weighted by molar-refractivity contribution is 5.99. The molecule has 0 aromatic heterocycles. The van der Waals surface area contributed by atoms with E-state index in [1.165, 1.54) is 0 Å². The Morgan fingerprint density at radius 1 is 1.09 bits per heavy atom. The number of hydrogen-bond acceptors (Lipinski definition) is 3. The van der Waals surface area contributed by atoms with Crippen LogP contribution in [0, 0.1) is 0 Å². The number of rotatable bonds is 1. The molecular weight excluding hydrogens is 288 g/mol. The molecule has 1 saturated heterocycles. The lowest BCUT2D eigenvalue weighted by Crippen LogP contribution is -2.64. The van der Waals surface area contributed by atoms with Gasteiger partial charge in [0.15, 0.2) is 5.72 Å². The Bertz CT molecular complexity index is 776. The van der Waals surface area contributed by atoms with Gasteiger partial charge in [0, 0.05) is 17.7 Å². The van der Waals surface area contributed by atoms with Crippen molar-refractivity contribution in [1.29, 1.82) is 0 Å². The topological polar surface area (TPSA) is 55.6 Å². The first kappa shape index (κ1) is 14.4. The van der Waals surface area contributed by atoms with E-state index in [0.29, 0.717) is 12.1 Å². The van der Waals surface area contributed by atoms with Gasteiger partial charge in [0.1, 0.15) is 5.60 Å². The molecule has 0 bridgehead atoms. The first-order valence-corrected chi connectivity index (χ1v) is 7.89. The number of ether oxygens (including phenoxy) is 1. The second-order valence-corrected chi connectivity index (χ2v) is 6.63. The molecule has 2 aliphatic heterocycles. The van der Waals surface area contributed by atoms with Gasteiger partial charge in [-0.15, -0.1) is 0 Å². The maximum absolute atomic E-state index is 12.7. The first-order chi connectivity index (χ1) is 11.0. The molecule has 23 heavy (non-hydrogen) atoms. The van der Waals surface area contributed by atoms with Crippen LogP contribution in [0.15, 0.2) is 54.6 Å². The third-order valence-electron chi connectivity index (χ3n) is 5.26. The minimum absolute atomic E-state index is 0.00587. The summed E-state index contributed by atoms with van der Waals surface area (Å²) in [5, 5.41) is 0. The van der Waals surface area contributed by atoms with Crippen LogP contribution in [0.4, 0.5) is 0 Å². The summed E-state index contributed by atoms with van der Waals surface area (Å²) >= 11 is 0. The molecule has 2 aromatic rings. The highest BCUT2D eigenvalue weighted by atomic mass is 16.5. The molecule has 2 aromatic carbocycles. The van der Waals surface area contributed by atoms with Gasteiger partial charge in [0.25, 0.3) is 5.91 Å². The van der Waals surface area contributed by atoms with Crippen molar-refractivity contribution in [2.45, 2.75) is 31.2 Å². The van der Waals surface area contributed by atoms with Crippen molar-refractivity contribution in [2.24, 2.45) is 5.73 Å². The van der Waals surface area contributed by atoms with Crippen LogP contribution in [0.5, 0.6) is 0 Å². The van der Waals surface area contributed by atoms with E-state index in [-0.39, 0.29) is 11.9 Å². The maximum atomic E-state index is 12.7. The Hall–Kier alpha value is -2.17. The molecule has 2 heterocycles. The largest absolute Gasteiger partial charge is 0.339 e. The van der Waals surface area contributed by atoms with Crippen molar-refractivity contribution in [3.63, 3.8) is 0 Å². The zero-order valence-electron chi connectivity index (χ0n) is 13.3. The van der Waals surface area contributed by atoms with Gasteiger partial charge >= 0.3 is 0 Å². The molecule has 4 rings (SSSR count). The summed E-state index contributed by atoms with van der Waals surface area (Å²) in [6, 6.07) is 17.4. The summed E-state index contributed by atoms with van der Waals surface area (Å²) < 4.78 is 6.56. The first-order valence-electron chi connectivity index (χ1n) is 7.89. The monoisotopic (exact) mass is 308 g/mol. The molecule has 0 spiro atoms. The standard InChI is InChI=1S/C19H20N2O2/c1-18(13-8-4-3-5-9-13)16(20)12-21-17(22)14-10-6-7-11-15(14)19(21,2)23-18/h3-11,16H,12,20H2,1-2H3. The van der Waals surface area contributed by atoms with Crippen molar-refractivity contribution in [3.8, 4) is 0 Å². The minimum Gasteiger partial charge on any atom is -0.339 e. The summed E-state index contributed by atoms with van der Waals surface area (Å²) in [6.07, 6.45) is 0. The zero-order valence-corrected chi connectivity index (χ0v) is 13.3. The molecule has 2 aliphatic rings. The molecule has 118 valence electrons.